The van der Waals surface area contributed by atoms with E-state index in [0.717, 1.165) is 29.8 Å². The molecule has 0 heterocycles. The van der Waals surface area contributed by atoms with Crippen molar-refractivity contribution in [3.8, 4) is 0 Å². The monoisotopic (exact) mass is 251 g/mol. The minimum absolute atomic E-state index is 0.731. The van der Waals surface area contributed by atoms with Crippen LogP contribution in [0.15, 0.2) is 0 Å². The summed E-state index contributed by atoms with van der Waals surface area (Å²) in [5, 5.41) is 3.99. The Hall–Kier alpha value is -0.0400. The van der Waals surface area contributed by atoms with Crippen molar-refractivity contribution >= 4 is 0 Å². The molecular weight excluding hydrogens is 218 g/mol. The maximum Gasteiger partial charge on any atom is 0.0126 e. The number of hydrogen-bond acceptors (Lipinski definition) is 1. The smallest absolute Gasteiger partial charge is 0.0126 e. The normalized spacial score (nSPS) is 23.2. The summed E-state index contributed by atoms with van der Waals surface area (Å²) < 4.78 is 0. The number of nitrogens with one attached hydrogen (secondary N) is 1. The molecule has 2 fully saturated rings. The topological polar surface area (TPSA) is 12.0 Å². The van der Waals surface area contributed by atoms with Crippen LogP contribution in [0.25, 0.3) is 0 Å². The van der Waals surface area contributed by atoms with Crippen molar-refractivity contribution in [3.63, 3.8) is 0 Å². The van der Waals surface area contributed by atoms with Crippen molar-refractivity contribution in [2.45, 2.75) is 90.6 Å². The van der Waals surface area contributed by atoms with Gasteiger partial charge in [-0.05, 0) is 56.8 Å². The molecule has 1 N–H and O–H groups in total. The second-order valence-electron chi connectivity index (χ2n) is 7.30. The minimum atomic E-state index is 0.731. The van der Waals surface area contributed by atoms with Crippen LogP contribution in [0.3, 0.4) is 0 Å². The zero-order chi connectivity index (χ0) is 13.0. The van der Waals surface area contributed by atoms with Gasteiger partial charge >= 0.3 is 0 Å². The molecule has 0 spiro atoms. The van der Waals surface area contributed by atoms with Gasteiger partial charge in [0.05, 0.1) is 0 Å². The Kier molecular flexibility index (Phi) is 5.54. The van der Waals surface area contributed by atoms with Gasteiger partial charge in [0.15, 0.2) is 0 Å². The fraction of sp³-hybridized carbons (Fsp3) is 1.00. The van der Waals surface area contributed by atoms with Gasteiger partial charge < -0.3 is 5.32 Å². The summed E-state index contributed by atoms with van der Waals surface area (Å²) in [5.74, 6) is 2.90. The molecule has 0 saturated heterocycles. The third-order valence-electron chi connectivity index (χ3n) is 5.21. The van der Waals surface area contributed by atoms with Crippen molar-refractivity contribution in [3.05, 3.63) is 0 Å². The van der Waals surface area contributed by atoms with Crippen LogP contribution < -0.4 is 5.32 Å². The molecule has 0 aromatic carbocycles. The van der Waals surface area contributed by atoms with Gasteiger partial charge in [-0.15, -0.1) is 0 Å². The molecule has 2 rings (SSSR count). The van der Waals surface area contributed by atoms with Crippen molar-refractivity contribution in [2.24, 2.45) is 17.8 Å². The van der Waals surface area contributed by atoms with Gasteiger partial charge in [0.2, 0.25) is 0 Å². The predicted molar refractivity (Wildman–Crippen MR) is 79.8 cm³/mol. The molecule has 0 aromatic heterocycles. The van der Waals surface area contributed by atoms with Crippen LogP contribution in [-0.4, -0.2) is 12.1 Å². The number of rotatable bonds is 8. The molecule has 2 saturated carbocycles. The van der Waals surface area contributed by atoms with Gasteiger partial charge in [0, 0.05) is 12.1 Å². The van der Waals surface area contributed by atoms with E-state index in [9.17, 15) is 0 Å². The Balaban J connectivity index is 1.69. The van der Waals surface area contributed by atoms with E-state index in [1.165, 1.54) is 57.8 Å². The first kappa shape index (κ1) is 14.4. The standard InChI is InChI=1S/C17H33N/c1-13(2)7-4-8-14(3)18-17(15-9-5-10-15)16-11-6-12-16/h13-18H,4-12H2,1-3H3. The van der Waals surface area contributed by atoms with Crippen molar-refractivity contribution in [1.29, 1.82) is 0 Å². The highest BCUT2D eigenvalue weighted by Gasteiger charge is 2.36. The van der Waals surface area contributed by atoms with E-state index in [4.69, 9.17) is 0 Å². The van der Waals surface area contributed by atoms with Gasteiger partial charge in [-0.25, -0.2) is 0 Å². The van der Waals surface area contributed by atoms with E-state index in [-0.39, 0.29) is 0 Å². The molecule has 1 atom stereocenters. The summed E-state index contributed by atoms with van der Waals surface area (Å²) in [5.41, 5.74) is 0. The second kappa shape index (κ2) is 6.93. The first-order valence-electron chi connectivity index (χ1n) is 8.43. The lowest BCUT2D eigenvalue weighted by atomic mass is 9.68. The highest BCUT2D eigenvalue weighted by molar-refractivity contribution is 4.92. The third-order valence-corrected chi connectivity index (χ3v) is 5.21. The predicted octanol–water partition coefficient (Wildman–Crippen LogP) is 4.76. The lowest BCUT2D eigenvalue weighted by Gasteiger charge is -2.44. The van der Waals surface area contributed by atoms with Crippen LogP contribution in [0, 0.1) is 17.8 Å². The van der Waals surface area contributed by atoms with Crippen LogP contribution in [0.1, 0.15) is 78.6 Å². The van der Waals surface area contributed by atoms with E-state index in [1.807, 2.05) is 0 Å². The molecule has 1 nitrogen and oxygen atoms in total. The molecule has 18 heavy (non-hydrogen) atoms. The molecule has 0 aromatic rings. The van der Waals surface area contributed by atoms with E-state index in [0.29, 0.717) is 0 Å². The first-order valence-corrected chi connectivity index (χ1v) is 8.43. The lowest BCUT2D eigenvalue weighted by Crippen LogP contribution is -2.50. The largest absolute Gasteiger partial charge is 0.311 e. The highest BCUT2D eigenvalue weighted by atomic mass is 15.0. The van der Waals surface area contributed by atoms with E-state index < -0.39 is 0 Å². The fourth-order valence-electron chi connectivity index (χ4n) is 3.50. The highest BCUT2D eigenvalue weighted by Crippen LogP contribution is 2.40. The maximum absolute atomic E-state index is 3.99. The fourth-order valence-corrected chi connectivity index (χ4v) is 3.50. The van der Waals surface area contributed by atoms with Gasteiger partial charge in [0.25, 0.3) is 0 Å². The van der Waals surface area contributed by atoms with Crippen LogP contribution in [0.4, 0.5) is 0 Å². The summed E-state index contributed by atoms with van der Waals surface area (Å²) >= 11 is 0. The summed E-state index contributed by atoms with van der Waals surface area (Å²) in [4.78, 5) is 0. The van der Waals surface area contributed by atoms with Gasteiger partial charge in [-0.3, -0.25) is 0 Å². The molecule has 1 heteroatoms. The van der Waals surface area contributed by atoms with E-state index >= 15 is 0 Å². The van der Waals surface area contributed by atoms with Crippen LogP contribution in [0.5, 0.6) is 0 Å². The lowest BCUT2D eigenvalue weighted by molar-refractivity contribution is 0.113. The molecule has 1 unspecified atom stereocenters. The van der Waals surface area contributed by atoms with Gasteiger partial charge in [-0.1, -0.05) is 39.5 Å². The molecular formula is C17H33N. The number of hydrogen-bond donors (Lipinski definition) is 1. The van der Waals surface area contributed by atoms with Gasteiger partial charge in [-0.2, -0.15) is 0 Å². The van der Waals surface area contributed by atoms with Crippen molar-refractivity contribution in [2.75, 3.05) is 0 Å². The summed E-state index contributed by atoms with van der Waals surface area (Å²) in [6, 6.07) is 1.59. The van der Waals surface area contributed by atoms with Crippen molar-refractivity contribution in [1.82, 2.24) is 5.32 Å². The molecule has 0 radical (unpaired) electrons. The average molecular weight is 251 g/mol. The van der Waals surface area contributed by atoms with E-state index in [2.05, 4.69) is 26.1 Å². The second-order valence-corrected chi connectivity index (χ2v) is 7.30. The third kappa shape index (κ3) is 3.98. The maximum atomic E-state index is 3.99. The van der Waals surface area contributed by atoms with Crippen LogP contribution in [0.2, 0.25) is 0 Å². The Morgan fingerprint density at radius 2 is 1.44 bits per heavy atom. The quantitative estimate of drug-likeness (QED) is 0.656. The van der Waals surface area contributed by atoms with Crippen molar-refractivity contribution < 1.29 is 0 Å². The first-order chi connectivity index (χ1) is 8.66. The summed E-state index contributed by atoms with van der Waals surface area (Å²) in [6.07, 6.45) is 13.1. The minimum Gasteiger partial charge on any atom is -0.311 e. The molecule has 0 aliphatic heterocycles. The summed E-state index contributed by atoms with van der Waals surface area (Å²) in [7, 11) is 0. The Morgan fingerprint density at radius 3 is 1.83 bits per heavy atom. The molecule has 0 bridgehead atoms. The average Bonchev–Trinajstić information content (AvgIpc) is 2.10. The summed E-state index contributed by atoms with van der Waals surface area (Å²) in [6.45, 7) is 7.08. The Morgan fingerprint density at radius 1 is 0.889 bits per heavy atom. The van der Waals surface area contributed by atoms with Gasteiger partial charge in [0.1, 0.15) is 0 Å². The van der Waals surface area contributed by atoms with E-state index in [1.54, 1.807) is 0 Å². The Labute approximate surface area is 114 Å². The zero-order valence-electron chi connectivity index (χ0n) is 12.8. The zero-order valence-corrected chi connectivity index (χ0v) is 12.8. The van der Waals surface area contributed by atoms with Crippen LogP contribution in [-0.2, 0) is 0 Å². The molecule has 0 amide bonds. The molecule has 2 aliphatic carbocycles. The SMILES string of the molecule is CC(C)CCCC(C)NC(C1CCC1)C1CCC1. The molecule has 2 aliphatic rings. The Bertz CT molecular complexity index is 214. The molecule has 106 valence electrons. The van der Waals surface area contributed by atoms with Crippen LogP contribution >= 0.6 is 0 Å².